The van der Waals surface area contributed by atoms with Gasteiger partial charge in [0.05, 0.1) is 44.9 Å². The highest BCUT2D eigenvalue weighted by atomic mass is 16.4. The zero-order chi connectivity index (χ0) is 45.6. The van der Waals surface area contributed by atoms with E-state index in [2.05, 4.69) is 67.8 Å². The molecule has 4 atom stereocenters. The van der Waals surface area contributed by atoms with E-state index in [0.717, 1.165) is 6.42 Å². The Hall–Kier alpha value is -6.92. The van der Waals surface area contributed by atoms with Crippen LogP contribution >= 0.6 is 0 Å². The van der Waals surface area contributed by atoms with E-state index in [1.807, 2.05) is 0 Å². The van der Waals surface area contributed by atoms with Crippen LogP contribution in [0.1, 0.15) is 62.8 Å². The molecule has 4 rings (SSSR count). The van der Waals surface area contributed by atoms with Crippen LogP contribution in [0, 0.1) is 0 Å². The van der Waals surface area contributed by atoms with Crippen molar-refractivity contribution in [2.24, 2.45) is 0 Å². The lowest BCUT2D eigenvalue weighted by molar-refractivity contribution is -0.139. The first kappa shape index (κ1) is 48.7. The number of carboxylic acid groups (broad SMARTS) is 1. The molecule has 2 saturated heterocycles. The summed E-state index contributed by atoms with van der Waals surface area (Å²) in [6, 6.07) is -3.33. The van der Waals surface area contributed by atoms with Gasteiger partial charge in [0.15, 0.2) is 0 Å². The van der Waals surface area contributed by atoms with Crippen molar-refractivity contribution in [2.45, 2.75) is 88.4 Å². The standard InChI is InChI=1S/C38H56N14O11/c53-29(16-43-31(55)18-46-35(60)26(12-23-14-39-21-48-23)50-37(62)25-6-4-10-41-25)42-9-3-1-2-8-33(57)52-11-5-7-28(52)38(63)51-27(13-24-15-40-22-49-24)36(61)47-19-32(56)44-17-30(54)45-20-34(58)59/h14-15,21-22,25-28,41H,1-13,16-20H2,(H,39,48)(H,40,49)(H,42,53)(H,43,55)(H,44,56)(H,45,54)(H,46,60)(H,47,61)(H,50,62)(H,51,63)(H,58,59)/t25-,26-,27-,28-/m0/s1. The summed E-state index contributed by atoms with van der Waals surface area (Å²) in [4.78, 5) is 140. The van der Waals surface area contributed by atoms with Gasteiger partial charge in [0, 0.05) is 56.1 Å². The molecule has 0 aromatic carbocycles. The van der Waals surface area contributed by atoms with Gasteiger partial charge in [-0.3, -0.25) is 47.9 Å². The maximum absolute atomic E-state index is 13.4. The lowest BCUT2D eigenvalue weighted by atomic mass is 10.1. The highest BCUT2D eigenvalue weighted by Gasteiger charge is 2.36. The number of H-pyrrole nitrogens is 2. The third kappa shape index (κ3) is 17.5. The van der Waals surface area contributed by atoms with Gasteiger partial charge in [0.25, 0.3) is 0 Å². The minimum absolute atomic E-state index is 0.00650. The first-order valence-corrected chi connectivity index (χ1v) is 20.7. The number of likely N-dealkylation sites (tertiary alicyclic amines) is 1. The highest BCUT2D eigenvalue weighted by Crippen LogP contribution is 2.20. The van der Waals surface area contributed by atoms with Gasteiger partial charge >= 0.3 is 5.97 Å². The molecule has 12 N–H and O–H groups in total. The predicted octanol–water partition coefficient (Wildman–Crippen LogP) is -5.03. The molecular weight excluding hydrogens is 829 g/mol. The summed E-state index contributed by atoms with van der Waals surface area (Å²) in [7, 11) is 0. The largest absolute Gasteiger partial charge is 0.480 e. The minimum Gasteiger partial charge on any atom is -0.480 e. The lowest BCUT2D eigenvalue weighted by Crippen LogP contribution is -2.55. The normalized spacial score (nSPS) is 16.5. The Morgan fingerprint density at radius 3 is 1.71 bits per heavy atom. The SMILES string of the molecule is O=C(O)CNC(=O)CNC(=O)CNC(=O)[C@H](Cc1cnc[nH]1)NC(=O)[C@@H]1CCCN1C(=O)CCCCCNC(=O)CNC(=O)CNC(=O)[C@H](Cc1cnc[nH]1)NC(=O)[C@@H]1CCCN1. The van der Waals surface area contributed by atoms with E-state index in [-0.39, 0.29) is 44.2 Å². The van der Waals surface area contributed by atoms with Crippen molar-refractivity contribution < 1.29 is 53.1 Å². The van der Waals surface area contributed by atoms with Gasteiger partial charge in [0.2, 0.25) is 53.2 Å². The number of amides is 9. The molecular formula is C38H56N14O11. The van der Waals surface area contributed by atoms with Gasteiger partial charge in [-0.05, 0) is 45.1 Å². The molecule has 2 aromatic rings. The number of rotatable bonds is 26. The fourth-order valence-electron chi connectivity index (χ4n) is 6.75. The van der Waals surface area contributed by atoms with Crippen molar-refractivity contribution in [1.29, 1.82) is 0 Å². The van der Waals surface area contributed by atoms with Gasteiger partial charge < -0.3 is 67.8 Å². The van der Waals surface area contributed by atoms with Gasteiger partial charge in [-0.15, -0.1) is 0 Å². The predicted molar refractivity (Wildman–Crippen MR) is 218 cm³/mol. The molecule has 2 aromatic heterocycles. The van der Waals surface area contributed by atoms with Crippen LogP contribution < -0.4 is 47.9 Å². The van der Waals surface area contributed by atoms with E-state index < -0.39 is 97.7 Å². The second-order valence-corrected chi connectivity index (χ2v) is 14.9. The van der Waals surface area contributed by atoms with Crippen molar-refractivity contribution in [1.82, 2.24) is 72.7 Å². The van der Waals surface area contributed by atoms with Crippen LogP contribution in [0.5, 0.6) is 0 Å². The molecule has 25 nitrogen and oxygen atoms in total. The molecule has 9 amide bonds. The number of carbonyl (C=O) groups is 10. The maximum Gasteiger partial charge on any atom is 0.322 e. The molecule has 344 valence electrons. The van der Waals surface area contributed by atoms with E-state index >= 15 is 0 Å². The van der Waals surface area contributed by atoms with Crippen LogP contribution in [0.15, 0.2) is 25.0 Å². The molecule has 2 aliphatic heterocycles. The number of hydrogen-bond acceptors (Lipinski definition) is 13. The quantitative estimate of drug-likeness (QED) is 0.0394. The molecule has 0 saturated carbocycles. The molecule has 25 heteroatoms. The summed E-state index contributed by atoms with van der Waals surface area (Å²) < 4.78 is 0. The summed E-state index contributed by atoms with van der Waals surface area (Å²) in [6.45, 7) is -1.07. The Morgan fingerprint density at radius 1 is 0.651 bits per heavy atom. The number of aromatic amines is 2. The molecule has 2 aliphatic rings. The first-order valence-electron chi connectivity index (χ1n) is 20.7. The molecule has 0 radical (unpaired) electrons. The number of unbranched alkanes of at least 4 members (excludes halogenated alkanes) is 2. The smallest absolute Gasteiger partial charge is 0.322 e. The van der Waals surface area contributed by atoms with Gasteiger partial charge in [0.1, 0.15) is 24.7 Å². The molecule has 0 aliphatic carbocycles. The number of imidazole rings is 2. The summed E-state index contributed by atoms with van der Waals surface area (Å²) in [5, 5.41) is 31.5. The van der Waals surface area contributed by atoms with Crippen LogP contribution in [0.3, 0.4) is 0 Å². The number of carbonyl (C=O) groups excluding carboxylic acids is 9. The fourth-order valence-corrected chi connectivity index (χ4v) is 6.75. The Bertz CT molecular complexity index is 1890. The number of nitrogens with one attached hydrogen (secondary N) is 11. The molecule has 0 unspecified atom stereocenters. The van der Waals surface area contributed by atoms with Crippen LogP contribution in [-0.2, 0) is 60.8 Å². The summed E-state index contributed by atoms with van der Waals surface area (Å²) >= 11 is 0. The monoisotopic (exact) mass is 884 g/mol. The summed E-state index contributed by atoms with van der Waals surface area (Å²) in [6.07, 6.45) is 10.2. The van der Waals surface area contributed by atoms with Crippen LogP contribution in [0.25, 0.3) is 0 Å². The molecule has 2 fully saturated rings. The zero-order valence-electron chi connectivity index (χ0n) is 34.7. The van der Waals surface area contributed by atoms with Crippen LogP contribution in [0.4, 0.5) is 0 Å². The molecule has 0 bridgehead atoms. The van der Waals surface area contributed by atoms with Gasteiger partial charge in [-0.25, -0.2) is 9.97 Å². The number of carboxylic acids is 1. The molecule has 0 spiro atoms. The Labute approximate surface area is 361 Å². The topological polar surface area (TPSA) is 360 Å². The summed E-state index contributed by atoms with van der Waals surface area (Å²) in [5.74, 6) is -6.16. The van der Waals surface area contributed by atoms with Crippen molar-refractivity contribution in [2.75, 3.05) is 52.4 Å². The van der Waals surface area contributed by atoms with Crippen molar-refractivity contribution in [3.8, 4) is 0 Å². The van der Waals surface area contributed by atoms with Gasteiger partial charge in [-0.1, -0.05) is 6.42 Å². The first-order chi connectivity index (χ1) is 30.3. The third-order valence-corrected chi connectivity index (χ3v) is 10.0. The number of aliphatic carboxylic acids is 1. The van der Waals surface area contributed by atoms with E-state index in [1.165, 1.54) is 29.9 Å². The second-order valence-electron chi connectivity index (χ2n) is 14.9. The lowest BCUT2D eigenvalue weighted by Gasteiger charge is -2.26. The second kappa shape index (κ2) is 25.8. The van der Waals surface area contributed by atoms with Gasteiger partial charge in [-0.2, -0.15) is 0 Å². The van der Waals surface area contributed by atoms with E-state index in [1.54, 1.807) is 0 Å². The maximum atomic E-state index is 13.4. The van der Waals surface area contributed by atoms with E-state index in [9.17, 15) is 47.9 Å². The Kier molecular flexibility index (Phi) is 19.9. The van der Waals surface area contributed by atoms with E-state index in [0.29, 0.717) is 63.0 Å². The Balaban J connectivity index is 1.11. The average Bonchev–Trinajstić information content (AvgIpc) is 4.12. The molecule has 4 heterocycles. The Morgan fingerprint density at radius 2 is 1.19 bits per heavy atom. The summed E-state index contributed by atoms with van der Waals surface area (Å²) in [5.41, 5.74) is 1.14. The van der Waals surface area contributed by atoms with Crippen molar-refractivity contribution in [3.05, 3.63) is 36.4 Å². The number of nitrogens with zero attached hydrogens (tertiary/aromatic N) is 3. The molecule has 63 heavy (non-hydrogen) atoms. The van der Waals surface area contributed by atoms with Crippen LogP contribution in [0.2, 0.25) is 0 Å². The van der Waals surface area contributed by atoms with E-state index in [4.69, 9.17) is 5.11 Å². The fraction of sp³-hybridized carbons (Fsp3) is 0.579. The average molecular weight is 885 g/mol. The third-order valence-electron chi connectivity index (χ3n) is 10.0. The number of aromatic nitrogens is 4. The highest BCUT2D eigenvalue weighted by molar-refractivity contribution is 5.95. The zero-order valence-corrected chi connectivity index (χ0v) is 34.7. The van der Waals surface area contributed by atoms with Crippen LogP contribution in [-0.4, -0.2) is 166 Å². The van der Waals surface area contributed by atoms with Crippen molar-refractivity contribution >= 4 is 59.1 Å². The van der Waals surface area contributed by atoms with Crippen molar-refractivity contribution in [3.63, 3.8) is 0 Å². The minimum atomic E-state index is -1.26. The number of hydrogen-bond donors (Lipinski definition) is 12.